The first-order valence-electron chi connectivity index (χ1n) is 10.7. The number of amides is 1. The highest BCUT2D eigenvalue weighted by atomic mass is 79.9. The van der Waals surface area contributed by atoms with Gasteiger partial charge in [0.2, 0.25) is 5.91 Å². The minimum Gasteiger partial charge on any atom is -0.451 e. The lowest BCUT2D eigenvalue weighted by atomic mass is 10.0. The highest BCUT2D eigenvalue weighted by Gasteiger charge is 2.53. The maximum Gasteiger partial charge on any atom is 0.326 e. The zero-order chi connectivity index (χ0) is 22.8. The third-order valence-corrected chi connectivity index (χ3v) is 9.40. The summed E-state index contributed by atoms with van der Waals surface area (Å²) in [6.07, 6.45) is 0.0344. The quantitative estimate of drug-likeness (QED) is 0.287. The number of ether oxygens (including phenoxy) is 1. The van der Waals surface area contributed by atoms with Crippen molar-refractivity contribution in [3.63, 3.8) is 0 Å². The minimum absolute atomic E-state index is 0.100. The number of esters is 1. The van der Waals surface area contributed by atoms with E-state index in [4.69, 9.17) is 4.74 Å². The minimum atomic E-state index is -0.882. The van der Waals surface area contributed by atoms with E-state index < -0.39 is 10.9 Å². The van der Waals surface area contributed by atoms with Gasteiger partial charge in [-0.2, -0.15) is 0 Å². The molecule has 33 heavy (non-hydrogen) atoms. The van der Waals surface area contributed by atoms with E-state index in [9.17, 15) is 9.59 Å². The van der Waals surface area contributed by atoms with Gasteiger partial charge >= 0.3 is 5.97 Å². The van der Waals surface area contributed by atoms with Crippen molar-refractivity contribution in [3.8, 4) is 0 Å². The molecule has 0 spiro atoms. The van der Waals surface area contributed by atoms with Gasteiger partial charge in [-0.15, -0.1) is 23.5 Å². The number of benzene rings is 3. The van der Waals surface area contributed by atoms with Crippen LogP contribution >= 0.6 is 39.5 Å². The number of nitrogens with zero attached hydrogens (tertiary/aromatic N) is 1. The van der Waals surface area contributed by atoms with E-state index in [2.05, 4.69) is 15.9 Å². The Kier molecular flexibility index (Phi) is 6.54. The molecule has 1 amide bonds. The van der Waals surface area contributed by atoms with Crippen molar-refractivity contribution in [2.24, 2.45) is 0 Å². The lowest BCUT2D eigenvalue weighted by Crippen LogP contribution is -2.63. The third kappa shape index (κ3) is 4.72. The molecule has 168 valence electrons. The van der Waals surface area contributed by atoms with Crippen molar-refractivity contribution < 1.29 is 14.3 Å². The molecule has 2 heterocycles. The van der Waals surface area contributed by atoms with Crippen LogP contribution in [0.15, 0.2) is 94.3 Å². The van der Waals surface area contributed by atoms with Crippen LogP contribution in [0.25, 0.3) is 0 Å². The standard InChI is InChI=1S/C26H22BrNO3S2/c27-20-11-13-21(14-12-20)33-26(16-28-22(29)15-23(28)32-17-26)25(30)31-24(18-7-3-1-4-8-18)19-9-5-2-6-10-19/h1-14,23-24H,15-17H2/t23-,26?/m1/s1. The van der Waals surface area contributed by atoms with Crippen LogP contribution in [0.5, 0.6) is 0 Å². The first-order valence-corrected chi connectivity index (χ1v) is 13.4. The summed E-state index contributed by atoms with van der Waals surface area (Å²) in [5.41, 5.74) is 1.84. The lowest BCUT2D eigenvalue weighted by molar-refractivity contribution is -0.153. The van der Waals surface area contributed by atoms with Gasteiger partial charge in [0.25, 0.3) is 0 Å². The summed E-state index contributed by atoms with van der Waals surface area (Å²) in [4.78, 5) is 29.0. The van der Waals surface area contributed by atoms with E-state index in [0.29, 0.717) is 18.7 Å². The summed E-state index contributed by atoms with van der Waals surface area (Å²) in [6.45, 7) is 0.360. The van der Waals surface area contributed by atoms with E-state index in [1.807, 2.05) is 89.8 Å². The van der Waals surface area contributed by atoms with Crippen molar-refractivity contribution in [2.75, 3.05) is 12.3 Å². The van der Waals surface area contributed by atoms with Gasteiger partial charge in [-0.3, -0.25) is 9.59 Å². The van der Waals surface area contributed by atoms with Crippen LogP contribution in [-0.2, 0) is 14.3 Å². The molecule has 3 aromatic carbocycles. The largest absolute Gasteiger partial charge is 0.451 e. The Bertz CT molecular complexity index is 1100. The molecule has 0 aromatic heterocycles. The summed E-state index contributed by atoms with van der Waals surface area (Å²) in [5, 5.41) is 0.169. The molecule has 4 nitrogen and oxygen atoms in total. The molecule has 2 atom stereocenters. The number of rotatable bonds is 6. The van der Waals surface area contributed by atoms with Crippen LogP contribution in [0.1, 0.15) is 23.7 Å². The number of fused-ring (bicyclic) bond motifs is 1. The van der Waals surface area contributed by atoms with Gasteiger partial charge in [-0.25, -0.2) is 0 Å². The molecule has 2 fully saturated rings. The number of carbonyl (C=O) groups is 2. The average molecular weight is 541 g/mol. The Morgan fingerprint density at radius 3 is 2.18 bits per heavy atom. The molecule has 7 heteroatoms. The fourth-order valence-corrected chi connectivity index (χ4v) is 7.14. The number of hydrogen-bond acceptors (Lipinski definition) is 5. The Morgan fingerprint density at radius 1 is 1.00 bits per heavy atom. The second-order valence-electron chi connectivity index (χ2n) is 8.15. The summed E-state index contributed by atoms with van der Waals surface area (Å²) in [5.74, 6) is 0.402. The Morgan fingerprint density at radius 2 is 1.61 bits per heavy atom. The van der Waals surface area contributed by atoms with Gasteiger partial charge in [0.05, 0.1) is 11.8 Å². The topological polar surface area (TPSA) is 46.6 Å². The van der Waals surface area contributed by atoms with Gasteiger partial charge in [-0.05, 0) is 35.4 Å². The molecule has 3 aromatic rings. The Balaban J connectivity index is 1.48. The van der Waals surface area contributed by atoms with E-state index in [-0.39, 0.29) is 17.3 Å². The van der Waals surface area contributed by atoms with Crippen molar-refractivity contribution in [1.82, 2.24) is 4.90 Å². The highest BCUT2D eigenvalue weighted by Crippen LogP contribution is 2.47. The fraction of sp³-hybridized carbons (Fsp3) is 0.231. The molecule has 1 unspecified atom stereocenters. The molecule has 0 saturated carbocycles. The molecule has 0 bridgehead atoms. The number of carbonyl (C=O) groups excluding carboxylic acids is 2. The molecule has 0 N–H and O–H groups in total. The molecular formula is C26H22BrNO3S2. The Labute approximate surface area is 210 Å². The van der Waals surface area contributed by atoms with Crippen LogP contribution in [0.4, 0.5) is 0 Å². The molecule has 2 saturated heterocycles. The highest BCUT2D eigenvalue weighted by molar-refractivity contribution is 9.10. The number of hydrogen-bond donors (Lipinski definition) is 0. The average Bonchev–Trinajstić information content (AvgIpc) is 2.85. The monoisotopic (exact) mass is 539 g/mol. The lowest BCUT2D eigenvalue weighted by Gasteiger charge is -2.50. The van der Waals surface area contributed by atoms with Crippen LogP contribution in [-0.4, -0.2) is 39.2 Å². The van der Waals surface area contributed by atoms with Crippen molar-refractivity contribution in [2.45, 2.75) is 27.5 Å². The molecule has 5 rings (SSSR count). The van der Waals surface area contributed by atoms with E-state index in [0.717, 1.165) is 20.5 Å². The zero-order valence-electron chi connectivity index (χ0n) is 17.7. The van der Waals surface area contributed by atoms with Gasteiger partial charge in [-0.1, -0.05) is 76.6 Å². The van der Waals surface area contributed by atoms with Gasteiger partial charge < -0.3 is 9.64 Å². The van der Waals surface area contributed by atoms with Crippen molar-refractivity contribution in [3.05, 3.63) is 101 Å². The summed E-state index contributed by atoms with van der Waals surface area (Å²) < 4.78 is 6.38. The summed E-state index contributed by atoms with van der Waals surface area (Å²) >= 11 is 6.63. The Hall–Kier alpha value is -2.22. The SMILES string of the molecule is O=C1C[C@H]2SCC(Sc3ccc(Br)cc3)(C(=O)OC(c3ccccc3)c3ccccc3)CN12. The second-order valence-corrected chi connectivity index (χ2v) is 11.7. The smallest absolute Gasteiger partial charge is 0.326 e. The third-order valence-electron chi connectivity index (χ3n) is 5.88. The predicted octanol–water partition coefficient (Wildman–Crippen LogP) is 5.92. The van der Waals surface area contributed by atoms with Crippen LogP contribution in [0.2, 0.25) is 0 Å². The number of halogens is 1. The maximum absolute atomic E-state index is 13.9. The van der Waals surface area contributed by atoms with Crippen molar-refractivity contribution in [1.29, 1.82) is 0 Å². The first-order chi connectivity index (χ1) is 16.0. The van der Waals surface area contributed by atoms with Crippen LogP contribution < -0.4 is 0 Å². The number of β-lactam (4-membered cyclic amide) rings is 1. The van der Waals surface area contributed by atoms with E-state index in [1.54, 1.807) is 11.8 Å². The summed E-state index contributed by atoms with van der Waals surface area (Å²) in [7, 11) is 0. The molecule has 2 aliphatic rings. The van der Waals surface area contributed by atoms with Crippen LogP contribution in [0, 0.1) is 0 Å². The van der Waals surface area contributed by atoms with Crippen LogP contribution in [0.3, 0.4) is 0 Å². The second kappa shape index (κ2) is 9.57. The van der Waals surface area contributed by atoms with E-state index >= 15 is 0 Å². The molecular weight excluding hydrogens is 518 g/mol. The summed E-state index contributed by atoms with van der Waals surface area (Å²) in [6, 6.07) is 27.5. The normalized spacial score (nSPS) is 21.9. The first kappa shape index (κ1) is 22.6. The maximum atomic E-state index is 13.9. The molecule has 0 aliphatic carbocycles. The van der Waals surface area contributed by atoms with Gasteiger partial charge in [0.15, 0.2) is 6.10 Å². The van der Waals surface area contributed by atoms with E-state index in [1.165, 1.54) is 11.8 Å². The van der Waals surface area contributed by atoms with Gasteiger partial charge in [0, 0.05) is 21.7 Å². The number of thioether (sulfide) groups is 2. The molecule has 0 radical (unpaired) electrons. The molecule has 2 aliphatic heterocycles. The van der Waals surface area contributed by atoms with Crippen molar-refractivity contribution >= 4 is 51.3 Å². The fourth-order valence-electron chi connectivity index (χ4n) is 4.07. The zero-order valence-corrected chi connectivity index (χ0v) is 20.9. The van der Waals surface area contributed by atoms with Gasteiger partial charge in [0.1, 0.15) is 4.75 Å². The predicted molar refractivity (Wildman–Crippen MR) is 136 cm³/mol.